The van der Waals surface area contributed by atoms with Crippen LogP contribution < -0.4 is 4.90 Å². The van der Waals surface area contributed by atoms with Gasteiger partial charge in [-0.05, 0) is 55.4 Å². The molecule has 0 unspecified atom stereocenters. The molecule has 0 aromatic carbocycles. The van der Waals surface area contributed by atoms with E-state index in [1.807, 2.05) is 18.3 Å². The number of hydrogen-bond donors (Lipinski definition) is 1. The van der Waals surface area contributed by atoms with Crippen LogP contribution in [0.3, 0.4) is 0 Å². The molecule has 0 bridgehead atoms. The molecular formula is C31H33F3N8O2S. The van der Waals surface area contributed by atoms with Crippen molar-refractivity contribution in [3.05, 3.63) is 46.1 Å². The first kappa shape index (κ1) is 29.9. The molecule has 3 aliphatic heterocycles. The lowest BCUT2D eigenvalue weighted by atomic mass is 9.80. The summed E-state index contributed by atoms with van der Waals surface area (Å²) in [5.74, 6) is 0.221. The molecule has 1 N–H and O–H groups in total. The van der Waals surface area contributed by atoms with E-state index >= 15 is 0 Å². The largest absolute Gasteiger partial charge is 0.434 e. The van der Waals surface area contributed by atoms with Gasteiger partial charge in [-0.3, -0.25) is 24.3 Å². The number of nitriles is 1. The number of hydrogen-bond acceptors (Lipinski definition) is 8. The van der Waals surface area contributed by atoms with E-state index in [1.165, 1.54) is 5.57 Å². The van der Waals surface area contributed by atoms with Crippen molar-refractivity contribution < 1.29 is 22.8 Å². The quantitative estimate of drug-likeness (QED) is 0.361. The zero-order valence-corrected chi connectivity index (χ0v) is 25.4. The van der Waals surface area contributed by atoms with Gasteiger partial charge in [-0.2, -0.15) is 18.4 Å². The molecule has 2 saturated heterocycles. The molecule has 3 fully saturated rings. The van der Waals surface area contributed by atoms with Gasteiger partial charge in [0.15, 0.2) is 10.7 Å². The Labute approximate surface area is 262 Å². The standard InChI is InChI=1S/C31H33F3N8O2S/c32-31(33,34)25-16-45-28(37-25)29(44)39-11-6-21(7-12-39)40-17-30(18-40,8-9-35)41-13-4-20(5-14-41)24-15-26(42(19-43)22-1-2-22)38-27-23(24)3-10-36-27/h3-4,10,15-16,19,21-22H,1-2,5-8,11-14,17-18H2,(H,36,38). The molecule has 3 aromatic rings. The Morgan fingerprint density at radius 1 is 1.20 bits per heavy atom. The van der Waals surface area contributed by atoms with Crippen molar-refractivity contribution in [3.63, 3.8) is 0 Å². The highest BCUT2D eigenvalue weighted by Gasteiger charge is 2.50. The zero-order valence-electron chi connectivity index (χ0n) is 24.6. The Morgan fingerprint density at radius 2 is 1.98 bits per heavy atom. The molecule has 4 aliphatic rings. The molecule has 7 rings (SSSR count). The van der Waals surface area contributed by atoms with E-state index in [4.69, 9.17) is 4.98 Å². The summed E-state index contributed by atoms with van der Waals surface area (Å²) in [5.41, 5.74) is 1.79. The summed E-state index contributed by atoms with van der Waals surface area (Å²) in [7, 11) is 0. The maximum Gasteiger partial charge on any atom is 0.434 e. The monoisotopic (exact) mass is 638 g/mol. The molecule has 14 heteroatoms. The van der Waals surface area contributed by atoms with Crippen LogP contribution in [0.5, 0.6) is 0 Å². The number of piperidine rings is 1. The number of aromatic nitrogens is 3. The van der Waals surface area contributed by atoms with Crippen LogP contribution in [0.15, 0.2) is 29.8 Å². The number of carbonyl (C=O) groups excluding carboxylic acids is 2. The number of fused-ring (bicyclic) bond motifs is 1. The Morgan fingerprint density at radius 3 is 2.60 bits per heavy atom. The summed E-state index contributed by atoms with van der Waals surface area (Å²) >= 11 is 0.734. The number of thiazole rings is 1. The van der Waals surface area contributed by atoms with Crippen LogP contribution in [0.25, 0.3) is 16.6 Å². The van der Waals surface area contributed by atoms with Crippen LogP contribution in [0.2, 0.25) is 0 Å². The van der Waals surface area contributed by atoms with Gasteiger partial charge in [-0.15, -0.1) is 11.3 Å². The molecule has 45 heavy (non-hydrogen) atoms. The molecule has 6 heterocycles. The highest BCUT2D eigenvalue weighted by molar-refractivity contribution is 7.11. The summed E-state index contributed by atoms with van der Waals surface area (Å²) in [5, 5.41) is 11.5. The molecule has 236 valence electrons. The maximum atomic E-state index is 12.9. The molecule has 0 atom stereocenters. The fourth-order valence-corrected chi connectivity index (χ4v) is 7.85. The van der Waals surface area contributed by atoms with E-state index in [2.05, 4.69) is 31.9 Å². The SMILES string of the molecule is N#CCC1(N2CC=C(c3cc(N(C=O)C4CC4)nc4[nH]ccc34)CC2)CN(C2CCN(C(=O)c3nc(C(F)(F)F)cs3)CC2)C1. The highest BCUT2D eigenvalue weighted by Crippen LogP contribution is 2.40. The van der Waals surface area contributed by atoms with Gasteiger partial charge < -0.3 is 9.88 Å². The first-order chi connectivity index (χ1) is 21.7. The van der Waals surface area contributed by atoms with E-state index in [0.717, 1.165) is 98.0 Å². The summed E-state index contributed by atoms with van der Waals surface area (Å²) in [4.78, 5) is 44.2. The predicted molar refractivity (Wildman–Crippen MR) is 162 cm³/mol. The average molecular weight is 639 g/mol. The van der Waals surface area contributed by atoms with Crippen LogP contribution in [-0.4, -0.2) is 98.9 Å². The second-order valence-corrected chi connectivity index (χ2v) is 13.3. The summed E-state index contributed by atoms with van der Waals surface area (Å²) < 4.78 is 38.8. The van der Waals surface area contributed by atoms with Crippen LogP contribution >= 0.6 is 11.3 Å². The highest BCUT2D eigenvalue weighted by atomic mass is 32.1. The zero-order chi connectivity index (χ0) is 31.3. The number of nitrogens with zero attached hydrogens (tertiary/aromatic N) is 7. The van der Waals surface area contributed by atoms with Gasteiger partial charge in [0.1, 0.15) is 11.5 Å². The topological polar surface area (TPSA) is 112 Å². The molecular weight excluding hydrogens is 605 g/mol. The number of amides is 2. The second kappa shape index (κ2) is 11.5. The van der Waals surface area contributed by atoms with Crippen LogP contribution in [0.1, 0.15) is 59.6 Å². The number of nitrogens with one attached hydrogen (secondary N) is 1. The minimum Gasteiger partial charge on any atom is -0.346 e. The third-order valence-electron chi connectivity index (χ3n) is 9.71. The second-order valence-electron chi connectivity index (χ2n) is 12.5. The minimum atomic E-state index is -4.56. The minimum absolute atomic E-state index is 0.125. The van der Waals surface area contributed by atoms with Gasteiger partial charge in [0.25, 0.3) is 5.91 Å². The van der Waals surface area contributed by atoms with Gasteiger partial charge >= 0.3 is 6.18 Å². The van der Waals surface area contributed by atoms with Crippen molar-refractivity contribution >= 4 is 46.1 Å². The van der Waals surface area contributed by atoms with E-state index in [1.54, 1.807) is 9.80 Å². The molecule has 3 aromatic heterocycles. The fourth-order valence-electron chi connectivity index (χ4n) is 7.06. The summed E-state index contributed by atoms with van der Waals surface area (Å²) in [6.07, 6.45) is 5.10. The molecule has 1 aliphatic carbocycles. The molecule has 0 radical (unpaired) electrons. The summed E-state index contributed by atoms with van der Waals surface area (Å²) in [6, 6.07) is 6.93. The molecule has 1 saturated carbocycles. The number of rotatable bonds is 8. The molecule has 2 amide bonds. The Balaban J connectivity index is 0.989. The van der Waals surface area contributed by atoms with Crippen LogP contribution in [0, 0.1) is 11.3 Å². The van der Waals surface area contributed by atoms with Crippen molar-refractivity contribution in [3.8, 4) is 6.07 Å². The number of aromatic amines is 1. The van der Waals surface area contributed by atoms with Gasteiger partial charge in [0.05, 0.1) is 18.0 Å². The van der Waals surface area contributed by atoms with Crippen molar-refractivity contribution in [2.75, 3.05) is 44.2 Å². The number of halogens is 3. The number of H-pyrrole nitrogens is 1. The Kier molecular flexibility index (Phi) is 7.66. The van der Waals surface area contributed by atoms with Gasteiger partial charge in [0.2, 0.25) is 6.41 Å². The van der Waals surface area contributed by atoms with Gasteiger partial charge in [-0.1, -0.05) is 6.08 Å². The third kappa shape index (κ3) is 5.62. The normalized spacial score (nSPS) is 21.3. The molecule has 10 nitrogen and oxygen atoms in total. The lowest BCUT2D eigenvalue weighted by molar-refractivity contribution is -0.140. The Bertz CT molecular complexity index is 1680. The number of carbonyl (C=O) groups is 2. The smallest absolute Gasteiger partial charge is 0.346 e. The summed E-state index contributed by atoms with van der Waals surface area (Å²) in [6.45, 7) is 3.99. The van der Waals surface area contributed by atoms with E-state index in [0.29, 0.717) is 25.3 Å². The first-order valence-corrected chi connectivity index (χ1v) is 16.2. The van der Waals surface area contributed by atoms with E-state index < -0.39 is 17.8 Å². The van der Waals surface area contributed by atoms with Crippen LogP contribution in [-0.2, 0) is 11.0 Å². The molecule has 0 spiro atoms. The van der Waals surface area contributed by atoms with Crippen LogP contribution in [0.4, 0.5) is 19.0 Å². The van der Waals surface area contributed by atoms with Gasteiger partial charge in [-0.25, -0.2) is 9.97 Å². The lowest BCUT2D eigenvalue weighted by Gasteiger charge is -2.58. The van der Waals surface area contributed by atoms with E-state index in [-0.39, 0.29) is 22.6 Å². The van der Waals surface area contributed by atoms with Crippen molar-refractivity contribution in [2.24, 2.45) is 0 Å². The number of alkyl halides is 3. The fraction of sp³-hybridized carbons (Fsp3) is 0.516. The number of pyridine rings is 1. The maximum absolute atomic E-state index is 12.9. The van der Waals surface area contributed by atoms with Crippen molar-refractivity contribution in [1.29, 1.82) is 5.26 Å². The first-order valence-electron chi connectivity index (χ1n) is 15.3. The number of likely N-dealkylation sites (tertiary alicyclic amines) is 2. The average Bonchev–Trinajstić information content (AvgIpc) is 3.50. The lowest BCUT2D eigenvalue weighted by Crippen LogP contribution is -2.72. The Hall–Kier alpha value is -3.80. The predicted octanol–water partition coefficient (Wildman–Crippen LogP) is 4.53. The van der Waals surface area contributed by atoms with Crippen molar-refractivity contribution in [2.45, 2.75) is 62.3 Å². The van der Waals surface area contributed by atoms with E-state index in [9.17, 15) is 28.0 Å². The van der Waals surface area contributed by atoms with Gasteiger partial charge in [0, 0.05) is 68.3 Å². The van der Waals surface area contributed by atoms with Crippen molar-refractivity contribution in [1.82, 2.24) is 29.7 Å². The third-order valence-corrected chi connectivity index (χ3v) is 10.5. The number of anilines is 1.